The second kappa shape index (κ2) is 7.20. The van der Waals surface area contributed by atoms with Crippen LogP contribution in [0.2, 0.25) is 0 Å². The van der Waals surface area contributed by atoms with Crippen LogP contribution in [0.25, 0.3) is 0 Å². The summed E-state index contributed by atoms with van der Waals surface area (Å²) in [5.41, 5.74) is 1.33. The Balaban J connectivity index is 1.39. The fraction of sp³-hybridized carbons (Fsp3) is 0.571. The average Bonchev–Trinajstić information content (AvgIpc) is 3.21. The molecule has 2 atom stereocenters. The molecule has 0 aromatic heterocycles. The van der Waals surface area contributed by atoms with Gasteiger partial charge in [-0.3, -0.25) is 14.4 Å². The third-order valence-corrected chi connectivity index (χ3v) is 6.60. The number of likely N-dealkylation sites (tertiary alicyclic amines) is 2. The van der Waals surface area contributed by atoms with E-state index in [4.69, 9.17) is 0 Å². The monoisotopic (exact) mass is 385 g/mol. The number of fused-ring (bicyclic) bond motifs is 2. The van der Waals surface area contributed by atoms with Crippen LogP contribution in [0, 0.1) is 11.3 Å². The van der Waals surface area contributed by atoms with Crippen LogP contribution in [0.15, 0.2) is 24.3 Å². The lowest BCUT2D eigenvalue weighted by Gasteiger charge is -2.30. The van der Waals surface area contributed by atoms with Crippen LogP contribution in [-0.2, 0) is 20.8 Å². The van der Waals surface area contributed by atoms with Crippen LogP contribution < -0.4 is 4.90 Å². The molecule has 2 fully saturated rings. The molecule has 0 aliphatic carbocycles. The van der Waals surface area contributed by atoms with Crippen molar-refractivity contribution in [3.63, 3.8) is 0 Å². The molecular formula is C21H27N3O4. The molecule has 1 aromatic rings. The molecule has 1 aromatic carbocycles. The highest BCUT2D eigenvalue weighted by Gasteiger charge is 2.58. The van der Waals surface area contributed by atoms with Crippen molar-refractivity contribution in [1.82, 2.24) is 9.80 Å². The van der Waals surface area contributed by atoms with Gasteiger partial charge in [-0.05, 0) is 24.5 Å². The molecule has 0 spiro atoms. The van der Waals surface area contributed by atoms with Gasteiger partial charge in [0.15, 0.2) is 0 Å². The number of carboxylic acid groups (broad SMARTS) is 1. The summed E-state index contributed by atoms with van der Waals surface area (Å²) in [6.45, 7) is 4.58. The summed E-state index contributed by atoms with van der Waals surface area (Å²) in [4.78, 5) is 42.1. The molecule has 1 N–H and O–H groups in total. The number of nitrogens with zero attached hydrogens (tertiary/aromatic N) is 3. The lowest BCUT2D eigenvalue weighted by Crippen LogP contribution is -2.42. The molecule has 150 valence electrons. The van der Waals surface area contributed by atoms with Crippen molar-refractivity contribution >= 4 is 23.5 Å². The molecule has 28 heavy (non-hydrogen) atoms. The number of benzene rings is 1. The highest BCUT2D eigenvalue weighted by Crippen LogP contribution is 2.43. The van der Waals surface area contributed by atoms with Crippen LogP contribution in [0.1, 0.15) is 25.3 Å². The molecule has 0 bridgehead atoms. The summed E-state index contributed by atoms with van der Waals surface area (Å²) in [7, 11) is 0. The molecule has 3 aliphatic rings. The maximum Gasteiger partial charge on any atom is 0.313 e. The van der Waals surface area contributed by atoms with Gasteiger partial charge in [-0.15, -0.1) is 0 Å². The van der Waals surface area contributed by atoms with Crippen LogP contribution in [-0.4, -0.2) is 72.0 Å². The van der Waals surface area contributed by atoms with Crippen LogP contribution in [0.5, 0.6) is 0 Å². The smallest absolute Gasteiger partial charge is 0.313 e. The fourth-order valence-electron chi connectivity index (χ4n) is 5.06. The van der Waals surface area contributed by atoms with Crippen molar-refractivity contribution in [3.05, 3.63) is 29.8 Å². The minimum Gasteiger partial charge on any atom is -0.481 e. The van der Waals surface area contributed by atoms with E-state index in [0.29, 0.717) is 32.6 Å². The first-order valence-electron chi connectivity index (χ1n) is 10.0. The topological polar surface area (TPSA) is 81.2 Å². The summed E-state index contributed by atoms with van der Waals surface area (Å²) >= 11 is 0. The van der Waals surface area contributed by atoms with Gasteiger partial charge in [-0.2, -0.15) is 0 Å². The molecule has 2 saturated heterocycles. The Bertz CT molecular complexity index is 811. The van der Waals surface area contributed by atoms with E-state index < -0.39 is 11.4 Å². The van der Waals surface area contributed by atoms with Gasteiger partial charge in [0.05, 0.1) is 0 Å². The highest BCUT2D eigenvalue weighted by molar-refractivity contribution is 5.94. The van der Waals surface area contributed by atoms with Crippen LogP contribution >= 0.6 is 0 Å². The van der Waals surface area contributed by atoms with Crippen LogP contribution in [0.3, 0.4) is 0 Å². The summed E-state index contributed by atoms with van der Waals surface area (Å²) in [5.74, 6) is -0.876. The van der Waals surface area contributed by atoms with Crippen LogP contribution in [0.4, 0.5) is 5.69 Å². The molecule has 3 heterocycles. The van der Waals surface area contributed by atoms with Gasteiger partial charge in [0.1, 0.15) is 5.41 Å². The average molecular weight is 385 g/mol. The zero-order valence-corrected chi connectivity index (χ0v) is 16.3. The van der Waals surface area contributed by atoms with E-state index in [1.807, 2.05) is 23.1 Å². The van der Waals surface area contributed by atoms with Gasteiger partial charge in [-0.1, -0.05) is 18.2 Å². The second-order valence-corrected chi connectivity index (χ2v) is 8.32. The normalized spacial score (nSPS) is 26.8. The predicted molar refractivity (Wildman–Crippen MR) is 104 cm³/mol. The first-order chi connectivity index (χ1) is 13.4. The maximum absolute atomic E-state index is 12.8. The van der Waals surface area contributed by atoms with E-state index in [1.54, 1.807) is 4.90 Å². The third kappa shape index (κ3) is 3.17. The van der Waals surface area contributed by atoms with Crippen molar-refractivity contribution in [1.29, 1.82) is 0 Å². The molecule has 0 unspecified atom stereocenters. The van der Waals surface area contributed by atoms with E-state index >= 15 is 0 Å². The minimum absolute atomic E-state index is 0.0690. The first-order valence-corrected chi connectivity index (χ1v) is 10.0. The van der Waals surface area contributed by atoms with Gasteiger partial charge < -0.3 is 19.8 Å². The van der Waals surface area contributed by atoms with Crippen molar-refractivity contribution < 1.29 is 19.5 Å². The number of carboxylic acids is 1. The lowest BCUT2D eigenvalue weighted by molar-refractivity contribution is -0.149. The van der Waals surface area contributed by atoms with Crippen molar-refractivity contribution in [2.24, 2.45) is 11.3 Å². The molecule has 2 amide bonds. The molecule has 4 rings (SSSR count). The number of carbonyl (C=O) groups excluding carboxylic acids is 2. The SMILES string of the molecule is CC(=O)N1C[C@H]2CN(CCC(=O)N3CCCc4ccccc43)C[C@@]2(C(=O)O)C1. The number of rotatable bonds is 4. The van der Waals surface area contributed by atoms with Gasteiger partial charge in [0.25, 0.3) is 0 Å². The number of anilines is 1. The largest absolute Gasteiger partial charge is 0.481 e. The summed E-state index contributed by atoms with van der Waals surface area (Å²) in [6, 6.07) is 8.05. The number of hydrogen-bond acceptors (Lipinski definition) is 4. The van der Waals surface area contributed by atoms with Gasteiger partial charge in [-0.25, -0.2) is 0 Å². The standard InChI is InChI=1S/C21H27N3O4/c1-15(25)23-12-17-11-22(13-21(17,14-23)20(27)28)10-8-19(26)24-9-4-6-16-5-2-3-7-18(16)24/h2-3,5,7,17H,4,6,8-14H2,1H3,(H,27,28)/t17-,21-/m1/s1. The van der Waals surface area contributed by atoms with Crippen molar-refractivity contribution in [3.8, 4) is 0 Å². The molecule has 3 aliphatic heterocycles. The lowest BCUT2D eigenvalue weighted by atomic mass is 9.81. The fourth-order valence-corrected chi connectivity index (χ4v) is 5.06. The van der Waals surface area contributed by atoms with E-state index in [-0.39, 0.29) is 24.3 Å². The molecular weight excluding hydrogens is 358 g/mol. The molecule has 0 radical (unpaired) electrons. The Labute approximate surface area is 164 Å². The van der Waals surface area contributed by atoms with Crippen molar-refractivity contribution in [2.45, 2.75) is 26.2 Å². The summed E-state index contributed by atoms with van der Waals surface area (Å²) in [6.07, 6.45) is 2.35. The van der Waals surface area contributed by atoms with E-state index in [9.17, 15) is 19.5 Å². The van der Waals surface area contributed by atoms with E-state index in [0.717, 1.165) is 25.1 Å². The quantitative estimate of drug-likeness (QED) is 0.843. The predicted octanol–water partition coefficient (Wildman–Crippen LogP) is 1.22. The molecule has 7 nitrogen and oxygen atoms in total. The number of para-hydroxylation sites is 1. The van der Waals surface area contributed by atoms with E-state index in [2.05, 4.69) is 11.0 Å². The number of amides is 2. The number of hydrogen-bond donors (Lipinski definition) is 1. The van der Waals surface area contributed by atoms with Gasteiger partial charge in [0, 0.05) is 64.2 Å². The van der Waals surface area contributed by atoms with Gasteiger partial charge in [0.2, 0.25) is 11.8 Å². The Morgan fingerprint density at radius 2 is 1.96 bits per heavy atom. The highest BCUT2D eigenvalue weighted by atomic mass is 16.4. The summed E-state index contributed by atoms with van der Waals surface area (Å²) < 4.78 is 0. The first kappa shape index (κ1) is 18.9. The zero-order valence-electron chi connectivity index (χ0n) is 16.3. The maximum atomic E-state index is 12.8. The molecule has 7 heteroatoms. The van der Waals surface area contributed by atoms with E-state index in [1.165, 1.54) is 12.5 Å². The second-order valence-electron chi connectivity index (χ2n) is 8.32. The number of aryl methyl sites for hydroxylation is 1. The number of carbonyl (C=O) groups is 3. The van der Waals surface area contributed by atoms with Gasteiger partial charge >= 0.3 is 5.97 Å². The van der Waals surface area contributed by atoms with Crippen molar-refractivity contribution in [2.75, 3.05) is 44.2 Å². The zero-order chi connectivity index (χ0) is 19.9. The Kier molecular flexibility index (Phi) is 4.87. The Morgan fingerprint density at radius 3 is 2.68 bits per heavy atom. The third-order valence-electron chi connectivity index (χ3n) is 6.60. The summed E-state index contributed by atoms with van der Waals surface area (Å²) in [5, 5.41) is 9.84. The molecule has 0 saturated carbocycles. The Hall–Kier alpha value is -2.41. The Morgan fingerprint density at radius 1 is 1.18 bits per heavy atom. The minimum atomic E-state index is -0.896. The number of aliphatic carboxylic acids is 1.